The predicted molar refractivity (Wildman–Crippen MR) is 79.3 cm³/mol. The molecule has 0 spiro atoms. The normalized spacial score (nSPS) is 12.1. The van der Waals surface area contributed by atoms with Crippen LogP contribution in [0.25, 0.3) is 0 Å². The van der Waals surface area contributed by atoms with Gasteiger partial charge in [-0.15, -0.1) is 0 Å². The maximum absolute atomic E-state index is 11.9. The molecule has 0 radical (unpaired) electrons. The number of hydrogen-bond donors (Lipinski definition) is 2. The molecule has 20 heavy (non-hydrogen) atoms. The lowest BCUT2D eigenvalue weighted by atomic mass is 10.1. The number of nitrogens with two attached hydrogens (primary N) is 1. The van der Waals surface area contributed by atoms with E-state index in [1.54, 1.807) is 12.5 Å². The van der Waals surface area contributed by atoms with E-state index >= 15 is 0 Å². The molecule has 106 valence electrons. The summed E-state index contributed by atoms with van der Waals surface area (Å²) in [4.78, 5) is 15.9. The van der Waals surface area contributed by atoms with E-state index in [-0.39, 0.29) is 5.91 Å². The Morgan fingerprint density at radius 3 is 3.05 bits per heavy atom. The molecule has 0 aliphatic rings. The van der Waals surface area contributed by atoms with Crippen LogP contribution in [-0.4, -0.2) is 21.5 Å². The Balaban J connectivity index is 2.00. The number of anilines is 1. The van der Waals surface area contributed by atoms with Crippen LogP contribution in [0, 0.1) is 0 Å². The van der Waals surface area contributed by atoms with Crippen molar-refractivity contribution < 1.29 is 4.79 Å². The van der Waals surface area contributed by atoms with Crippen molar-refractivity contribution in [2.24, 2.45) is 5.73 Å². The Hall–Kier alpha value is -2.14. The summed E-state index contributed by atoms with van der Waals surface area (Å²) in [6.07, 6.45) is 7.01. The number of carbonyl (C=O) groups is 1. The topological polar surface area (TPSA) is 72.9 Å². The number of rotatable bonds is 6. The van der Waals surface area contributed by atoms with Gasteiger partial charge in [0.05, 0.1) is 12.4 Å². The van der Waals surface area contributed by atoms with Crippen LogP contribution >= 0.6 is 0 Å². The van der Waals surface area contributed by atoms with Crippen LogP contribution in [0.4, 0.5) is 5.69 Å². The number of nitrogens with zero attached hydrogens (tertiary/aromatic N) is 2. The van der Waals surface area contributed by atoms with Crippen molar-refractivity contribution in [3.63, 3.8) is 0 Å². The Morgan fingerprint density at radius 2 is 2.35 bits per heavy atom. The third-order valence-corrected chi connectivity index (χ3v) is 3.06. The summed E-state index contributed by atoms with van der Waals surface area (Å²) < 4.78 is 1.98. The lowest BCUT2D eigenvalue weighted by molar-refractivity contribution is -0.117. The zero-order valence-corrected chi connectivity index (χ0v) is 11.6. The first-order valence-electron chi connectivity index (χ1n) is 6.80. The molecule has 5 heteroatoms. The van der Waals surface area contributed by atoms with Gasteiger partial charge in [-0.2, -0.15) is 0 Å². The number of benzene rings is 1. The van der Waals surface area contributed by atoms with Gasteiger partial charge in [0.15, 0.2) is 0 Å². The van der Waals surface area contributed by atoms with Crippen molar-refractivity contribution in [1.82, 2.24) is 9.55 Å². The fraction of sp³-hybridized carbons (Fsp3) is 0.333. The smallest absolute Gasteiger partial charge is 0.241 e. The van der Waals surface area contributed by atoms with E-state index in [1.165, 1.54) is 0 Å². The minimum absolute atomic E-state index is 0.133. The molecule has 1 amide bonds. The number of amides is 1. The average Bonchev–Trinajstić information content (AvgIpc) is 2.92. The summed E-state index contributed by atoms with van der Waals surface area (Å²) in [5.41, 5.74) is 7.68. The van der Waals surface area contributed by atoms with Crippen LogP contribution in [-0.2, 0) is 11.3 Å². The fourth-order valence-electron chi connectivity index (χ4n) is 2.02. The van der Waals surface area contributed by atoms with Crippen LogP contribution in [0.5, 0.6) is 0 Å². The van der Waals surface area contributed by atoms with Crippen molar-refractivity contribution in [3.8, 4) is 0 Å². The molecule has 0 fully saturated rings. The van der Waals surface area contributed by atoms with Crippen LogP contribution in [0.1, 0.15) is 25.3 Å². The first-order valence-corrected chi connectivity index (χ1v) is 6.80. The number of carbonyl (C=O) groups excluding carboxylic acids is 1. The van der Waals surface area contributed by atoms with E-state index in [2.05, 4.69) is 10.3 Å². The molecule has 3 N–H and O–H groups in total. The van der Waals surface area contributed by atoms with Gasteiger partial charge in [-0.25, -0.2) is 4.98 Å². The Morgan fingerprint density at radius 1 is 1.50 bits per heavy atom. The molecule has 0 aliphatic heterocycles. The Kier molecular flexibility index (Phi) is 4.90. The molecule has 0 unspecified atom stereocenters. The van der Waals surface area contributed by atoms with Gasteiger partial charge < -0.3 is 15.6 Å². The van der Waals surface area contributed by atoms with E-state index in [4.69, 9.17) is 5.73 Å². The maximum atomic E-state index is 11.9. The first-order chi connectivity index (χ1) is 9.69. The van der Waals surface area contributed by atoms with Gasteiger partial charge >= 0.3 is 0 Å². The van der Waals surface area contributed by atoms with Crippen LogP contribution < -0.4 is 11.1 Å². The first kappa shape index (κ1) is 14.3. The Labute approximate surface area is 118 Å². The summed E-state index contributed by atoms with van der Waals surface area (Å²) >= 11 is 0. The highest BCUT2D eigenvalue weighted by atomic mass is 16.2. The summed E-state index contributed by atoms with van der Waals surface area (Å²) in [5, 5.41) is 2.86. The van der Waals surface area contributed by atoms with Crippen LogP contribution in [0.2, 0.25) is 0 Å². The van der Waals surface area contributed by atoms with E-state index in [0.29, 0.717) is 6.42 Å². The highest BCUT2D eigenvalue weighted by Crippen LogP contribution is 2.12. The van der Waals surface area contributed by atoms with Gasteiger partial charge in [-0.3, -0.25) is 4.79 Å². The summed E-state index contributed by atoms with van der Waals surface area (Å²) in [5.74, 6) is -0.133. The van der Waals surface area contributed by atoms with Crippen molar-refractivity contribution in [2.45, 2.75) is 32.4 Å². The quantitative estimate of drug-likeness (QED) is 0.844. The minimum atomic E-state index is -0.447. The highest BCUT2D eigenvalue weighted by Gasteiger charge is 2.12. The minimum Gasteiger partial charge on any atom is -0.333 e. The summed E-state index contributed by atoms with van der Waals surface area (Å²) in [6.45, 7) is 2.74. The molecule has 0 saturated heterocycles. The van der Waals surface area contributed by atoms with E-state index in [0.717, 1.165) is 24.2 Å². The van der Waals surface area contributed by atoms with Gasteiger partial charge in [-0.1, -0.05) is 25.5 Å². The van der Waals surface area contributed by atoms with E-state index in [9.17, 15) is 4.79 Å². The SMILES string of the molecule is CCC[C@@H](N)C(=O)Nc1cccc(Cn2ccnc2)c1. The molecule has 1 atom stereocenters. The largest absolute Gasteiger partial charge is 0.333 e. The predicted octanol–water partition coefficient (Wildman–Crippen LogP) is 2.00. The fourth-order valence-corrected chi connectivity index (χ4v) is 2.02. The molecule has 0 bridgehead atoms. The van der Waals surface area contributed by atoms with Crippen molar-refractivity contribution in [1.29, 1.82) is 0 Å². The van der Waals surface area contributed by atoms with Crippen molar-refractivity contribution >= 4 is 11.6 Å². The monoisotopic (exact) mass is 272 g/mol. The second-order valence-electron chi connectivity index (χ2n) is 4.82. The number of aromatic nitrogens is 2. The standard InChI is InChI=1S/C15H20N4O/c1-2-4-14(16)15(20)18-13-6-3-5-12(9-13)10-19-8-7-17-11-19/h3,5-9,11,14H,2,4,10,16H2,1H3,(H,18,20)/t14-/m1/s1. The molecule has 2 rings (SSSR count). The van der Waals surface area contributed by atoms with Gasteiger partial charge in [0.1, 0.15) is 0 Å². The van der Waals surface area contributed by atoms with Gasteiger partial charge in [-0.05, 0) is 24.1 Å². The summed E-state index contributed by atoms with van der Waals surface area (Å²) in [6, 6.07) is 7.32. The number of hydrogen-bond acceptors (Lipinski definition) is 3. The van der Waals surface area contributed by atoms with Crippen LogP contribution in [0.15, 0.2) is 43.0 Å². The van der Waals surface area contributed by atoms with E-state index in [1.807, 2.05) is 42.0 Å². The van der Waals surface area contributed by atoms with Gasteiger partial charge in [0.2, 0.25) is 5.91 Å². The zero-order valence-electron chi connectivity index (χ0n) is 11.6. The second-order valence-corrected chi connectivity index (χ2v) is 4.82. The molecule has 1 heterocycles. The molecule has 2 aromatic rings. The van der Waals surface area contributed by atoms with Crippen molar-refractivity contribution in [3.05, 3.63) is 48.5 Å². The second kappa shape index (κ2) is 6.86. The van der Waals surface area contributed by atoms with Crippen LogP contribution in [0.3, 0.4) is 0 Å². The molecular formula is C15H20N4O. The molecule has 1 aromatic heterocycles. The molecule has 1 aromatic carbocycles. The van der Waals surface area contributed by atoms with Gasteiger partial charge in [0.25, 0.3) is 0 Å². The lowest BCUT2D eigenvalue weighted by Crippen LogP contribution is -2.35. The number of imidazole rings is 1. The molecule has 5 nitrogen and oxygen atoms in total. The third kappa shape index (κ3) is 3.93. The third-order valence-electron chi connectivity index (χ3n) is 3.06. The van der Waals surface area contributed by atoms with E-state index < -0.39 is 6.04 Å². The molecular weight excluding hydrogens is 252 g/mol. The average molecular weight is 272 g/mol. The Bertz CT molecular complexity index is 551. The zero-order chi connectivity index (χ0) is 14.4. The summed E-state index contributed by atoms with van der Waals surface area (Å²) in [7, 11) is 0. The van der Waals surface area contributed by atoms with Crippen molar-refractivity contribution in [2.75, 3.05) is 5.32 Å². The molecule has 0 aliphatic carbocycles. The number of nitrogens with one attached hydrogen (secondary N) is 1. The maximum Gasteiger partial charge on any atom is 0.241 e. The van der Waals surface area contributed by atoms with Gasteiger partial charge in [0, 0.05) is 24.6 Å². The molecule has 0 saturated carbocycles. The highest BCUT2D eigenvalue weighted by molar-refractivity contribution is 5.94. The lowest BCUT2D eigenvalue weighted by Gasteiger charge is -2.12.